The molecule has 0 spiro atoms. The molecule has 0 saturated carbocycles. The number of rotatable bonds is 5. The standard InChI is InChI=1S/C15H11N3O7S/c19-12-6-13-16(12)14(15(20)21)9(7-26-13)2-1-8-3-4-10(17(22)23)5-11(8)18(24)25/h1-5,13H,6-7H2,(H,20,21). The number of non-ortho nitro benzene ring substituents is 1. The van der Waals surface area contributed by atoms with Gasteiger partial charge in [-0.05, 0) is 17.7 Å². The molecule has 1 saturated heterocycles. The molecule has 1 amide bonds. The number of carboxylic acid groups (broad SMARTS) is 1. The van der Waals surface area contributed by atoms with Gasteiger partial charge in [0.05, 0.1) is 33.3 Å². The predicted octanol–water partition coefficient (Wildman–Crippen LogP) is 2.16. The largest absolute Gasteiger partial charge is 0.477 e. The molecule has 0 aromatic heterocycles. The monoisotopic (exact) mass is 377 g/mol. The van der Waals surface area contributed by atoms with E-state index >= 15 is 0 Å². The van der Waals surface area contributed by atoms with Crippen LogP contribution in [0.1, 0.15) is 12.0 Å². The topological polar surface area (TPSA) is 144 Å². The minimum atomic E-state index is -1.25. The Balaban J connectivity index is 1.99. The molecular weight excluding hydrogens is 366 g/mol. The Kier molecular flexibility index (Phi) is 4.47. The van der Waals surface area contributed by atoms with Crippen LogP contribution in [0.5, 0.6) is 0 Å². The van der Waals surface area contributed by atoms with Crippen LogP contribution in [-0.2, 0) is 9.59 Å². The highest BCUT2D eigenvalue weighted by Gasteiger charge is 2.44. The molecule has 2 heterocycles. The highest BCUT2D eigenvalue weighted by atomic mass is 32.2. The van der Waals surface area contributed by atoms with E-state index < -0.39 is 27.2 Å². The molecule has 0 radical (unpaired) electrons. The normalized spacial score (nSPS) is 19.3. The van der Waals surface area contributed by atoms with E-state index in [2.05, 4.69) is 0 Å². The zero-order valence-electron chi connectivity index (χ0n) is 13.0. The molecule has 10 nitrogen and oxygen atoms in total. The Morgan fingerprint density at radius 3 is 2.58 bits per heavy atom. The number of hydrogen-bond acceptors (Lipinski definition) is 7. The molecule has 1 fully saturated rings. The van der Waals surface area contributed by atoms with E-state index in [0.717, 1.165) is 12.1 Å². The predicted molar refractivity (Wildman–Crippen MR) is 91.2 cm³/mol. The van der Waals surface area contributed by atoms with Crippen molar-refractivity contribution in [1.82, 2.24) is 4.90 Å². The van der Waals surface area contributed by atoms with Gasteiger partial charge in [0.2, 0.25) is 5.91 Å². The van der Waals surface area contributed by atoms with Gasteiger partial charge < -0.3 is 5.11 Å². The van der Waals surface area contributed by atoms with Crippen molar-refractivity contribution in [3.05, 3.63) is 61.3 Å². The number of amides is 1. The average molecular weight is 377 g/mol. The fraction of sp³-hybridized carbons (Fsp3) is 0.200. The van der Waals surface area contributed by atoms with Crippen LogP contribution in [0.2, 0.25) is 0 Å². The van der Waals surface area contributed by atoms with E-state index in [0.29, 0.717) is 11.3 Å². The van der Waals surface area contributed by atoms with Crippen LogP contribution in [0, 0.1) is 20.2 Å². The van der Waals surface area contributed by atoms with Crippen molar-refractivity contribution >= 4 is 41.1 Å². The fourth-order valence-electron chi connectivity index (χ4n) is 2.70. The van der Waals surface area contributed by atoms with Crippen LogP contribution < -0.4 is 0 Å². The van der Waals surface area contributed by atoms with Gasteiger partial charge in [0, 0.05) is 11.8 Å². The lowest BCUT2D eigenvalue weighted by Gasteiger charge is -2.43. The summed E-state index contributed by atoms with van der Waals surface area (Å²) in [4.78, 5) is 44.9. The lowest BCUT2D eigenvalue weighted by Crippen LogP contribution is -2.53. The number of carboxylic acids is 1. The van der Waals surface area contributed by atoms with Crippen LogP contribution >= 0.6 is 11.8 Å². The van der Waals surface area contributed by atoms with Crippen molar-refractivity contribution in [1.29, 1.82) is 0 Å². The minimum Gasteiger partial charge on any atom is -0.477 e. The van der Waals surface area contributed by atoms with Gasteiger partial charge in [-0.25, -0.2) is 4.79 Å². The summed E-state index contributed by atoms with van der Waals surface area (Å²) in [6.07, 6.45) is 3.00. The zero-order chi connectivity index (χ0) is 19.0. The third kappa shape index (κ3) is 3.04. The van der Waals surface area contributed by atoms with Crippen LogP contribution in [-0.4, -0.2) is 42.9 Å². The first-order chi connectivity index (χ1) is 12.3. The van der Waals surface area contributed by atoms with Crippen molar-refractivity contribution < 1.29 is 24.5 Å². The molecule has 26 heavy (non-hydrogen) atoms. The highest BCUT2D eigenvalue weighted by Crippen LogP contribution is 2.40. The Hall–Kier alpha value is -3.21. The average Bonchev–Trinajstić information content (AvgIpc) is 2.58. The van der Waals surface area contributed by atoms with E-state index in [4.69, 9.17) is 0 Å². The Labute approximate surface area is 150 Å². The van der Waals surface area contributed by atoms with E-state index in [1.807, 2.05) is 0 Å². The Morgan fingerprint density at radius 1 is 1.27 bits per heavy atom. The van der Waals surface area contributed by atoms with Crippen LogP contribution in [0.4, 0.5) is 11.4 Å². The van der Waals surface area contributed by atoms with Crippen LogP contribution in [0.3, 0.4) is 0 Å². The number of aliphatic carboxylic acids is 1. The summed E-state index contributed by atoms with van der Waals surface area (Å²) in [7, 11) is 0. The number of nitro benzene ring substituents is 2. The number of fused-ring (bicyclic) bond motifs is 1. The molecule has 0 bridgehead atoms. The summed E-state index contributed by atoms with van der Waals surface area (Å²) in [5.74, 6) is -1.19. The minimum absolute atomic E-state index is 0.0971. The van der Waals surface area contributed by atoms with Gasteiger partial charge in [0.1, 0.15) is 5.70 Å². The molecule has 134 valence electrons. The van der Waals surface area contributed by atoms with Crippen molar-refractivity contribution in [2.45, 2.75) is 11.8 Å². The highest BCUT2D eigenvalue weighted by molar-refractivity contribution is 8.00. The number of allylic oxidation sites excluding steroid dienone is 1. The second-order valence-electron chi connectivity index (χ2n) is 5.50. The zero-order valence-corrected chi connectivity index (χ0v) is 13.8. The first-order valence-corrected chi connectivity index (χ1v) is 8.35. The number of carbonyl (C=O) groups is 2. The van der Waals surface area contributed by atoms with Crippen molar-refractivity contribution in [2.75, 3.05) is 5.75 Å². The summed E-state index contributed by atoms with van der Waals surface area (Å²) in [5, 5.41) is 31.1. The van der Waals surface area contributed by atoms with E-state index in [1.54, 1.807) is 0 Å². The van der Waals surface area contributed by atoms with E-state index in [-0.39, 0.29) is 29.0 Å². The Bertz CT molecular complexity index is 909. The number of thioether (sulfide) groups is 1. The second-order valence-corrected chi connectivity index (χ2v) is 6.67. The molecule has 0 aliphatic carbocycles. The molecule has 3 rings (SSSR count). The molecular formula is C15H11N3O7S. The van der Waals surface area contributed by atoms with Crippen molar-refractivity contribution in [3.8, 4) is 0 Å². The summed E-state index contributed by atoms with van der Waals surface area (Å²) in [6, 6.07) is 3.20. The smallest absolute Gasteiger partial charge is 0.352 e. The number of nitrogens with zero attached hydrogens (tertiary/aromatic N) is 3. The molecule has 1 atom stereocenters. The van der Waals surface area contributed by atoms with Crippen LogP contribution in [0.15, 0.2) is 35.5 Å². The lowest BCUT2D eigenvalue weighted by molar-refractivity contribution is -0.394. The number of carbonyl (C=O) groups excluding carboxylic acids is 1. The summed E-state index contributed by atoms with van der Waals surface area (Å²) in [5.41, 5.74) is -0.569. The number of benzene rings is 1. The number of β-lactam (4-membered cyclic amide) rings is 1. The number of hydrogen-bond donors (Lipinski definition) is 1. The molecule has 1 unspecified atom stereocenters. The van der Waals surface area contributed by atoms with Gasteiger partial charge in [-0.2, -0.15) is 0 Å². The molecule has 2 aliphatic rings. The SMILES string of the molecule is O=C(O)C1=C(C=Cc2ccc([N+](=O)[O-])cc2[N+](=O)[O-])CSC2CC(=O)N12. The third-order valence-corrected chi connectivity index (χ3v) is 5.21. The molecule has 11 heteroatoms. The van der Waals surface area contributed by atoms with Gasteiger partial charge in [-0.1, -0.05) is 6.08 Å². The number of nitro groups is 2. The Morgan fingerprint density at radius 2 is 2.00 bits per heavy atom. The molecule has 1 aromatic carbocycles. The lowest BCUT2D eigenvalue weighted by atomic mass is 10.1. The van der Waals surface area contributed by atoms with Crippen molar-refractivity contribution in [3.63, 3.8) is 0 Å². The summed E-state index contributed by atoms with van der Waals surface area (Å²) >= 11 is 1.41. The van der Waals surface area contributed by atoms with Gasteiger partial charge >= 0.3 is 5.97 Å². The first-order valence-electron chi connectivity index (χ1n) is 7.30. The molecule has 1 N–H and O–H groups in total. The third-order valence-electron chi connectivity index (χ3n) is 3.97. The van der Waals surface area contributed by atoms with Crippen LogP contribution in [0.25, 0.3) is 6.08 Å². The summed E-state index contributed by atoms with van der Waals surface area (Å²) in [6.45, 7) is 0. The van der Waals surface area contributed by atoms with Gasteiger partial charge in [-0.3, -0.25) is 29.9 Å². The second kappa shape index (κ2) is 6.59. The maximum Gasteiger partial charge on any atom is 0.352 e. The molecule has 2 aliphatic heterocycles. The van der Waals surface area contributed by atoms with Gasteiger partial charge in [0.15, 0.2) is 0 Å². The first kappa shape index (κ1) is 17.6. The quantitative estimate of drug-likeness (QED) is 0.467. The fourth-order valence-corrected chi connectivity index (χ4v) is 3.94. The molecule has 1 aromatic rings. The van der Waals surface area contributed by atoms with Gasteiger partial charge in [0.25, 0.3) is 11.4 Å². The van der Waals surface area contributed by atoms with Crippen molar-refractivity contribution in [2.24, 2.45) is 0 Å². The van der Waals surface area contributed by atoms with E-state index in [1.165, 1.54) is 34.9 Å². The maximum absolute atomic E-state index is 11.7. The maximum atomic E-state index is 11.7. The van der Waals surface area contributed by atoms with Gasteiger partial charge in [-0.15, -0.1) is 11.8 Å². The summed E-state index contributed by atoms with van der Waals surface area (Å²) < 4.78 is 0. The van der Waals surface area contributed by atoms with E-state index in [9.17, 15) is 34.9 Å².